The van der Waals surface area contributed by atoms with E-state index < -0.39 is 0 Å². The second-order valence-corrected chi connectivity index (χ2v) is 6.33. The Morgan fingerprint density at radius 3 is 1.38 bits per heavy atom. The van der Waals surface area contributed by atoms with Gasteiger partial charge in [-0.2, -0.15) is 0 Å². The molecule has 4 aromatic rings. The number of benzene rings is 4. The molecule has 0 aromatic heterocycles. The molecule has 0 fully saturated rings. The minimum atomic E-state index is 0.614. The maximum Gasteiger partial charge on any atom is 0.0627 e. The molecular weight excluding hydrogens is 316 g/mol. The van der Waals surface area contributed by atoms with Gasteiger partial charge in [-0.3, -0.25) is 0 Å². The highest BCUT2D eigenvalue weighted by Gasteiger charge is 2.06. The van der Waals surface area contributed by atoms with Crippen molar-refractivity contribution < 1.29 is 0 Å². The Kier molecular flexibility index (Phi) is 4.16. The van der Waals surface area contributed by atoms with Crippen molar-refractivity contribution in [2.75, 3.05) is 11.5 Å². The first-order valence-corrected chi connectivity index (χ1v) is 8.62. The van der Waals surface area contributed by atoms with Crippen molar-refractivity contribution in [1.29, 1.82) is 0 Å². The molecule has 26 heavy (non-hydrogen) atoms. The molecule has 0 spiro atoms. The summed E-state index contributed by atoms with van der Waals surface area (Å²) in [6, 6.07) is 33.2. The van der Waals surface area contributed by atoms with Crippen LogP contribution in [0.15, 0.2) is 97.1 Å². The summed E-state index contributed by atoms with van der Waals surface area (Å²) in [5.41, 5.74) is 20.1. The van der Waals surface area contributed by atoms with E-state index in [1.165, 1.54) is 22.3 Å². The molecule has 2 heteroatoms. The van der Waals surface area contributed by atoms with Crippen molar-refractivity contribution in [1.82, 2.24) is 0 Å². The summed E-state index contributed by atoms with van der Waals surface area (Å²) in [6.45, 7) is 0. The van der Waals surface area contributed by atoms with E-state index in [2.05, 4.69) is 72.8 Å². The zero-order valence-corrected chi connectivity index (χ0v) is 14.4. The first-order chi connectivity index (χ1) is 12.7. The Labute approximate surface area is 153 Å². The summed E-state index contributed by atoms with van der Waals surface area (Å²) in [7, 11) is 0. The van der Waals surface area contributed by atoms with E-state index in [4.69, 9.17) is 11.5 Å². The van der Waals surface area contributed by atoms with E-state index >= 15 is 0 Å². The lowest BCUT2D eigenvalue weighted by atomic mass is 9.97. The zero-order valence-electron chi connectivity index (χ0n) is 14.4. The molecule has 0 aliphatic rings. The maximum atomic E-state index is 6.11. The largest absolute Gasteiger partial charge is 0.397 e. The minimum absolute atomic E-state index is 0.614. The highest BCUT2D eigenvalue weighted by molar-refractivity contribution is 5.85. The van der Waals surface area contributed by atoms with E-state index in [-0.39, 0.29) is 0 Å². The summed E-state index contributed by atoms with van der Waals surface area (Å²) in [4.78, 5) is 0. The summed E-state index contributed by atoms with van der Waals surface area (Å²) in [6.07, 6.45) is 0. The highest BCUT2D eigenvalue weighted by Crippen LogP contribution is 2.32. The Morgan fingerprint density at radius 2 is 0.846 bits per heavy atom. The van der Waals surface area contributed by atoms with Crippen molar-refractivity contribution in [2.45, 2.75) is 0 Å². The summed E-state index contributed by atoms with van der Waals surface area (Å²) in [5.74, 6) is 0. The van der Waals surface area contributed by atoms with Gasteiger partial charge >= 0.3 is 0 Å². The molecule has 2 nitrogen and oxygen atoms in total. The third-order valence-electron chi connectivity index (χ3n) is 4.66. The summed E-state index contributed by atoms with van der Waals surface area (Å²) < 4.78 is 0. The SMILES string of the molecule is Nc1cccc(-c2ccc(-c3ccc(-c4ccccc4)cc3)cc2)c1N. The number of hydrogen-bond acceptors (Lipinski definition) is 2. The van der Waals surface area contributed by atoms with Gasteiger partial charge in [0.15, 0.2) is 0 Å². The standard InChI is InChI=1S/C24H20N2/c25-23-8-4-7-22(24(23)26)21-15-13-20(14-16-21)19-11-9-18(10-12-19)17-5-2-1-3-6-17/h1-16H,25-26H2. The van der Waals surface area contributed by atoms with Crippen LogP contribution >= 0.6 is 0 Å². The van der Waals surface area contributed by atoms with Crippen molar-refractivity contribution in [3.63, 3.8) is 0 Å². The van der Waals surface area contributed by atoms with E-state index in [1.54, 1.807) is 0 Å². The topological polar surface area (TPSA) is 52.0 Å². The van der Waals surface area contributed by atoms with Gasteiger partial charge in [0.05, 0.1) is 11.4 Å². The molecule has 0 radical (unpaired) electrons. The lowest BCUT2D eigenvalue weighted by molar-refractivity contribution is 1.57. The van der Waals surface area contributed by atoms with E-state index in [0.717, 1.165) is 11.1 Å². The van der Waals surface area contributed by atoms with Gasteiger partial charge in [0, 0.05) is 5.56 Å². The van der Waals surface area contributed by atoms with Crippen LogP contribution in [-0.2, 0) is 0 Å². The van der Waals surface area contributed by atoms with Gasteiger partial charge in [-0.15, -0.1) is 0 Å². The molecule has 0 atom stereocenters. The third-order valence-corrected chi connectivity index (χ3v) is 4.66. The second-order valence-electron chi connectivity index (χ2n) is 6.33. The van der Waals surface area contributed by atoms with Gasteiger partial charge in [0.2, 0.25) is 0 Å². The molecule has 0 amide bonds. The summed E-state index contributed by atoms with van der Waals surface area (Å²) >= 11 is 0. The van der Waals surface area contributed by atoms with Crippen LogP contribution in [0.3, 0.4) is 0 Å². The van der Waals surface area contributed by atoms with Crippen molar-refractivity contribution in [2.24, 2.45) is 0 Å². The van der Waals surface area contributed by atoms with Gasteiger partial charge < -0.3 is 11.5 Å². The lowest BCUT2D eigenvalue weighted by Gasteiger charge is -2.10. The molecule has 4 N–H and O–H groups in total. The maximum absolute atomic E-state index is 6.11. The Hall–Kier alpha value is -3.52. The zero-order chi connectivity index (χ0) is 17.9. The molecule has 0 bridgehead atoms. The molecule has 0 heterocycles. The van der Waals surface area contributed by atoms with Crippen molar-refractivity contribution in [3.05, 3.63) is 97.1 Å². The number of rotatable bonds is 3. The van der Waals surface area contributed by atoms with Crippen LogP contribution in [0.4, 0.5) is 11.4 Å². The lowest BCUT2D eigenvalue weighted by Crippen LogP contribution is -1.96. The van der Waals surface area contributed by atoms with E-state index in [0.29, 0.717) is 11.4 Å². The van der Waals surface area contributed by atoms with Crippen LogP contribution in [0.1, 0.15) is 0 Å². The molecule has 0 aliphatic carbocycles. The monoisotopic (exact) mass is 336 g/mol. The molecule has 0 saturated carbocycles. The fraction of sp³-hybridized carbons (Fsp3) is 0. The number of hydrogen-bond donors (Lipinski definition) is 2. The third kappa shape index (κ3) is 3.05. The normalized spacial score (nSPS) is 10.6. The molecular formula is C24H20N2. The summed E-state index contributed by atoms with van der Waals surface area (Å²) in [5, 5.41) is 0. The predicted molar refractivity (Wildman–Crippen MR) is 112 cm³/mol. The van der Waals surface area contributed by atoms with Crippen molar-refractivity contribution in [3.8, 4) is 33.4 Å². The number of para-hydroxylation sites is 1. The minimum Gasteiger partial charge on any atom is -0.397 e. The number of nitrogen functional groups attached to an aromatic ring is 2. The molecule has 4 aromatic carbocycles. The number of anilines is 2. The van der Waals surface area contributed by atoms with Gasteiger partial charge in [0.25, 0.3) is 0 Å². The van der Waals surface area contributed by atoms with Crippen LogP contribution in [0, 0.1) is 0 Å². The molecule has 0 unspecified atom stereocenters. The van der Waals surface area contributed by atoms with Crippen LogP contribution in [0.2, 0.25) is 0 Å². The quantitative estimate of drug-likeness (QED) is 0.461. The average Bonchev–Trinajstić information content (AvgIpc) is 2.71. The van der Waals surface area contributed by atoms with Crippen LogP contribution < -0.4 is 11.5 Å². The van der Waals surface area contributed by atoms with Crippen molar-refractivity contribution >= 4 is 11.4 Å². The number of nitrogens with two attached hydrogens (primary N) is 2. The molecule has 126 valence electrons. The van der Waals surface area contributed by atoms with Gasteiger partial charge in [-0.05, 0) is 33.9 Å². The van der Waals surface area contributed by atoms with E-state index in [9.17, 15) is 0 Å². The first-order valence-electron chi connectivity index (χ1n) is 8.62. The van der Waals surface area contributed by atoms with Gasteiger partial charge in [-0.1, -0.05) is 91.0 Å². The van der Waals surface area contributed by atoms with E-state index in [1.807, 2.05) is 24.3 Å². The fourth-order valence-corrected chi connectivity index (χ4v) is 3.16. The van der Waals surface area contributed by atoms with Crippen LogP contribution in [0.25, 0.3) is 33.4 Å². The van der Waals surface area contributed by atoms with Crippen LogP contribution in [0.5, 0.6) is 0 Å². The Morgan fingerprint density at radius 1 is 0.385 bits per heavy atom. The van der Waals surface area contributed by atoms with Gasteiger partial charge in [-0.25, -0.2) is 0 Å². The predicted octanol–water partition coefficient (Wildman–Crippen LogP) is 5.85. The molecule has 0 saturated heterocycles. The molecule has 4 rings (SSSR count). The fourth-order valence-electron chi connectivity index (χ4n) is 3.16. The highest BCUT2D eigenvalue weighted by atomic mass is 14.7. The second kappa shape index (κ2) is 6.77. The Bertz CT molecular complexity index is 1020. The van der Waals surface area contributed by atoms with Gasteiger partial charge in [0.1, 0.15) is 0 Å². The molecule has 0 aliphatic heterocycles. The smallest absolute Gasteiger partial charge is 0.0627 e. The average molecular weight is 336 g/mol. The first kappa shape index (κ1) is 16.0. The Balaban J connectivity index is 1.62. The van der Waals surface area contributed by atoms with Crippen LogP contribution in [-0.4, -0.2) is 0 Å².